The molecule has 0 radical (unpaired) electrons. The number of phosphoric acid groups is 2. The van der Waals surface area contributed by atoms with Crippen LogP contribution in [-0.4, -0.2) is 96.7 Å². The molecule has 588 valence electrons. The number of carbonyl (C=O) groups excluding carboxylic acids is 4. The van der Waals surface area contributed by atoms with E-state index in [0.717, 1.165) is 108 Å². The number of esters is 4. The molecule has 0 aromatic heterocycles. The van der Waals surface area contributed by atoms with Gasteiger partial charge in [0.25, 0.3) is 0 Å². The van der Waals surface area contributed by atoms with Crippen molar-refractivity contribution in [3.63, 3.8) is 0 Å². The number of phosphoric ester groups is 2. The van der Waals surface area contributed by atoms with Gasteiger partial charge >= 0.3 is 39.5 Å². The molecule has 0 amide bonds. The summed E-state index contributed by atoms with van der Waals surface area (Å²) in [6.45, 7) is 11.9. The molecule has 0 aliphatic heterocycles. The summed E-state index contributed by atoms with van der Waals surface area (Å²) >= 11 is 0. The Bertz CT molecular complexity index is 1920. The minimum absolute atomic E-state index is 0.106. The average molecular weight is 1450 g/mol. The van der Waals surface area contributed by atoms with Crippen LogP contribution in [0.1, 0.15) is 414 Å². The van der Waals surface area contributed by atoms with E-state index < -0.39 is 97.5 Å². The lowest BCUT2D eigenvalue weighted by molar-refractivity contribution is -0.161. The molecule has 0 heterocycles. The normalized spacial score (nSPS) is 14.0. The third-order valence-electron chi connectivity index (χ3n) is 18.6. The summed E-state index contributed by atoms with van der Waals surface area (Å²) in [4.78, 5) is 73.0. The molecule has 2 unspecified atom stereocenters. The Balaban J connectivity index is 5.27. The van der Waals surface area contributed by atoms with Crippen LogP contribution in [0.15, 0.2) is 0 Å². The molecular weight excluding hydrogens is 1290 g/mol. The van der Waals surface area contributed by atoms with Crippen molar-refractivity contribution in [2.45, 2.75) is 433 Å². The second kappa shape index (κ2) is 70.4. The summed E-state index contributed by atoms with van der Waals surface area (Å²) in [6, 6.07) is 0. The fourth-order valence-electron chi connectivity index (χ4n) is 12.3. The molecule has 0 spiro atoms. The van der Waals surface area contributed by atoms with E-state index in [1.165, 1.54) is 225 Å². The third kappa shape index (κ3) is 74.1. The van der Waals surface area contributed by atoms with E-state index in [1.54, 1.807) is 0 Å². The van der Waals surface area contributed by atoms with Crippen molar-refractivity contribution in [1.29, 1.82) is 0 Å². The fraction of sp³-hybridized carbons (Fsp3) is 0.950. The van der Waals surface area contributed by atoms with Crippen molar-refractivity contribution in [1.82, 2.24) is 0 Å². The van der Waals surface area contributed by atoms with Crippen molar-refractivity contribution in [2.75, 3.05) is 39.6 Å². The zero-order chi connectivity index (χ0) is 73.0. The minimum atomic E-state index is -4.96. The van der Waals surface area contributed by atoms with E-state index in [9.17, 15) is 43.2 Å². The lowest BCUT2D eigenvalue weighted by atomic mass is 10.0. The van der Waals surface area contributed by atoms with E-state index in [-0.39, 0.29) is 25.7 Å². The van der Waals surface area contributed by atoms with E-state index in [4.69, 9.17) is 37.0 Å². The molecule has 0 fully saturated rings. The Kier molecular flexibility index (Phi) is 69.0. The summed E-state index contributed by atoms with van der Waals surface area (Å²) in [6.07, 6.45) is 58.2. The van der Waals surface area contributed by atoms with Crippen LogP contribution in [0.3, 0.4) is 0 Å². The van der Waals surface area contributed by atoms with Crippen molar-refractivity contribution >= 4 is 39.5 Å². The van der Waals surface area contributed by atoms with Crippen LogP contribution < -0.4 is 0 Å². The second-order valence-electron chi connectivity index (χ2n) is 30.2. The highest BCUT2D eigenvalue weighted by Gasteiger charge is 2.30. The van der Waals surface area contributed by atoms with Crippen molar-refractivity contribution in [3.8, 4) is 0 Å². The van der Waals surface area contributed by atoms with Gasteiger partial charge in [-0.3, -0.25) is 37.3 Å². The number of aliphatic hydroxyl groups is 1. The summed E-state index contributed by atoms with van der Waals surface area (Å²) in [7, 11) is -9.92. The van der Waals surface area contributed by atoms with Gasteiger partial charge in [-0.15, -0.1) is 0 Å². The van der Waals surface area contributed by atoms with Crippen molar-refractivity contribution in [2.24, 2.45) is 17.8 Å². The van der Waals surface area contributed by atoms with Crippen LogP contribution in [0, 0.1) is 17.8 Å². The molecule has 0 aromatic rings. The highest BCUT2D eigenvalue weighted by atomic mass is 31.2. The molecule has 0 saturated carbocycles. The fourth-order valence-corrected chi connectivity index (χ4v) is 13.9. The molecule has 5 atom stereocenters. The van der Waals surface area contributed by atoms with Gasteiger partial charge in [0.05, 0.1) is 26.4 Å². The van der Waals surface area contributed by atoms with Crippen LogP contribution in [0.2, 0.25) is 0 Å². The maximum Gasteiger partial charge on any atom is 0.472 e. The number of carbonyl (C=O) groups is 4. The molecule has 0 saturated heterocycles. The first-order valence-corrected chi connectivity index (χ1v) is 44.3. The SMILES string of the molecule is CCCCCCCCCCCCCCCCCCC(=O)OC[C@H](COP(=O)(O)OC[C@@H](O)COP(=O)(O)OC[C@@H](COC(=O)CCCCCCCCCCCCC(C)C)OC(=O)CCCCCCCCCCCCC(C)C)OC(=O)CCCCCCCCCCCCCCCCC(C)C. The molecular formula is C80H156O17P2. The Morgan fingerprint density at radius 3 is 0.687 bits per heavy atom. The molecule has 17 nitrogen and oxygen atoms in total. The average Bonchev–Trinajstić information content (AvgIpc) is 1.10. The van der Waals surface area contributed by atoms with Gasteiger partial charge in [0.15, 0.2) is 12.2 Å². The van der Waals surface area contributed by atoms with Gasteiger partial charge in [0.1, 0.15) is 19.3 Å². The van der Waals surface area contributed by atoms with Gasteiger partial charge in [-0.2, -0.15) is 0 Å². The van der Waals surface area contributed by atoms with E-state index in [1.807, 2.05) is 0 Å². The van der Waals surface area contributed by atoms with Crippen LogP contribution in [0.5, 0.6) is 0 Å². The molecule has 0 rings (SSSR count). The highest BCUT2D eigenvalue weighted by Crippen LogP contribution is 2.45. The zero-order valence-corrected chi connectivity index (χ0v) is 66.8. The Hall–Kier alpha value is -1.94. The van der Waals surface area contributed by atoms with Gasteiger partial charge in [0, 0.05) is 25.7 Å². The quantitative estimate of drug-likeness (QED) is 0.0222. The largest absolute Gasteiger partial charge is 0.472 e. The Morgan fingerprint density at radius 1 is 0.273 bits per heavy atom. The molecule has 3 N–H and O–H groups in total. The minimum Gasteiger partial charge on any atom is -0.462 e. The molecule has 0 bridgehead atoms. The molecule has 0 aliphatic carbocycles. The van der Waals surface area contributed by atoms with Gasteiger partial charge in [-0.25, -0.2) is 9.13 Å². The van der Waals surface area contributed by atoms with Gasteiger partial charge in [0.2, 0.25) is 0 Å². The molecule has 19 heteroatoms. The first kappa shape index (κ1) is 97.1. The predicted octanol–water partition coefficient (Wildman–Crippen LogP) is 23.7. The summed E-state index contributed by atoms with van der Waals surface area (Å²) < 4.78 is 68.7. The van der Waals surface area contributed by atoms with Crippen LogP contribution in [-0.2, 0) is 65.4 Å². The molecule has 99 heavy (non-hydrogen) atoms. The van der Waals surface area contributed by atoms with Crippen molar-refractivity contribution < 1.29 is 80.2 Å². The topological polar surface area (TPSA) is 237 Å². The Morgan fingerprint density at radius 2 is 0.465 bits per heavy atom. The van der Waals surface area contributed by atoms with E-state index in [2.05, 4.69) is 48.5 Å². The molecule has 0 aliphatic rings. The first-order chi connectivity index (χ1) is 47.7. The van der Waals surface area contributed by atoms with Gasteiger partial charge in [-0.05, 0) is 43.4 Å². The number of hydrogen-bond acceptors (Lipinski definition) is 15. The Labute approximate surface area is 607 Å². The lowest BCUT2D eigenvalue weighted by Gasteiger charge is -2.21. The third-order valence-corrected chi connectivity index (χ3v) is 20.5. The standard InChI is InChI=1S/C80H156O17P2/c1-8-9-10-11-12-13-14-15-16-17-21-24-33-40-47-54-61-77(82)90-67-75(96-79(84)63-56-49-42-35-25-22-19-18-20-23-30-37-44-51-58-71(2)3)69-94-98(86,87)92-65-74(81)66-93-99(88,89)95-70-76(97-80(85)64-57-50-43-36-29-27-32-39-46-53-60-73(6)7)68-91-78(83)62-55-48-41-34-28-26-31-38-45-52-59-72(4)5/h71-76,81H,8-70H2,1-7H3,(H,86,87)(H,88,89)/t74-,75-,76-/m1/s1. The highest BCUT2D eigenvalue weighted by molar-refractivity contribution is 7.47. The maximum absolute atomic E-state index is 13.1. The van der Waals surface area contributed by atoms with E-state index >= 15 is 0 Å². The van der Waals surface area contributed by atoms with Crippen LogP contribution in [0.25, 0.3) is 0 Å². The molecule has 0 aromatic carbocycles. The number of rotatable bonds is 78. The van der Waals surface area contributed by atoms with Crippen molar-refractivity contribution in [3.05, 3.63) is 0 Å². The predicted molar refractivity (Wildman–Crippen MR) is 405 cm³/mol. The van der Waals surface area contributed by atoms with Crippen LogP contribution >= 0.6 is 15.6 Å². The number of ether oxygens (including phenoxy) is 4. The number of aliphatic hydroxyl groups excluding tert-OH is 1. The monoisotopic (exact) mass is 1450 g/mol. The van der Waals surface area contributed by atoms with Gasteiger partial charge < -0.3 is 33.8 Å². The zero-order valence-electron chi connectivity index (χ0n) is 65.0. The van der Waals surface area contributed by atoms with E-state index in [0.29, 0.717) is 25.7 Å². The summed E-state index contributed by atoms with van der Waals surface area (Å²) in [5, 5.41) is 10.6. The summed E-state index contributed by atoms with van der Waals surface area (Å²) in [5.41, 5.74) is 0. The number of unbranched alkanes of at least 4 members (excludes halogenated alkanes) is 46. The lowest BCUT2D eigenvalue weighted by Crippen LogP contribution is -2.30. The first-order valence-electron chi connectivity index (χ1n) is 41.3. The number of hydrogen-bond donors (Lipinski definition) is 3. The van der Waals surface area contributed by atoms with Crippen LogP contribution in [0.4, 0.5) is 0 Å². The smallest absolute Gasteiger partial charge is 0.462 e. The second-order valence-corrected chi connectivity index (χ2v) is 33.1. The summed E-state index contributed by atoms with van der Waals surface area (Å²) in [5.74, 6) is 0.195. The van der Waals surface area contributed by atoms with Gasteiger partial charge in [-0.1, -0.05) is 363 Å². The maximum atomic E-state index is 13.1.